The Labute approximate surface area is 186 Å². The van der Waals surface area contributed by atoms with Crippen molar-refractivity contribution in [2.24, 2.45) is 0 Å². The molecule has 3 aromatic carbocycles. The van der Waals surface area contributed by atoms with E-state index in [2.05, 4.69) is 5.32 Å². The van der Waals surface area contributed by atoms with Crippen LogP contribution < -0.4 is 14.4 Å². The first-order valence-electron chi connectivity index (χ1n) is 10.2. The molecule has 3 aromatic rings. The van der Waals surface area contributed by atoms with E-state index in [4.69, 9.17) is 4.74 Å². The highest BCUT2D eigenvalue weighted by Gasteiger charge is 2.35. The van der Waals surface area contributed by atoms with E-state index in [0.29, 0.717) is 30.5 Å². The minimum Gasteiger partial charge on any atom is -0.496 e. The molecule has 0 saturated carbocycles. The van der Waals surface area contributed by atoms with Crippen LogP contribution in [-0.4, -0.2) is 34.5 Å². The van der Waals surface area contributed by atoms with E-state index in [-0.39, 0.29) is 17.1 Å². The lowest BCUT2D eigenvalue weighted by Crippen LogP contribution is -2.42. The van der Waals surface area contributed by atoms with Crippen LogP contribution in [0.3, 0.4) is 0 Å². The first-order valence-corrected chi connectivity index (χ1v) is 11.7. The summed E-state index contributed by atoms with van der Waals surface area (Å²) in [5, 5.41) is 2.78. The van der Waals surface area contributed by atoms with Crippen LogP contribution in [-0.2, 0) is 21.2 Å². The Morgan fingerprint density at radius 2 is 1.78 bits per heavy atom. The van der Waals surface area contributed by atoms with E-state index in [9.17, 15) is 17.6 Å². The molecule has 0 radical (unpaired) electrons. The maximum absolute atomic E-state index is 13.9. The highest BCUT2D eigenvalue weighted by Crippen LogP contribution is 2.42. The molecule has 0 aromatic heterocycles. The molecule has 1 N–H and O–H groups in total. The SMILES string of the molecule is COc1ccccc1CCCNC(=O)CN1c2ccc(F)cc2-c2ccccc2S1(=O)=O. The van der Waals surface area contributed by atoms with E-state index in [1.165, 1.54) is 24.3 Å². The molecule has 1 aliphatic rings. The molecule has 0 unspecified atom stereocenters. The van der Waals surface area contributed by atoms with Crippen LogP contribution in [0.1, 0.15) is 12.0 Å². The third-order valence-electron chi connectivity index (χ3n) is 5.40. The summed E-state index contributed by atoms with van der Waals surface area (Å²) >= 11 is 0. The van der Waals surface area contributed by atoms with Crippen molar-refractivity contribution in [3.63, 3.8) is 0 Å². The summed E-state index contributed by atoms with van der Waals surface area (Å²) in [5.41, 5.74) is 2.19. The zero-order valence-electron chi connectivity index (χ0n) is 17.5. The lowest BCUT2D eigenvalue weighted by atomic mass is 10.0. The summed E-state index contributed by atoms with van der Waals surface area (Å²) < 4.78 is 46.7. The van der Waals surface area contributed by atoms with Gasteiger partial charge in [0.15, 0.2) is 0 Å². The number of hydrogen-bond donors (Lipinski definition) is 1. The van der Waals surface area contributed by atoms with Crippen LogP contribution >= 0.6 is 0 Å². The van der Waals surface area contributed by atoms with Gasteiger partial charge in [0.05, 0.1) is 17.7 Å². The predicted molar refractivity (Wildman–Crippen MR) is 121 cm³/mol. The number of benzene rings is 3. The van der Waals surface area contributed by atoms with Crippen molar-refractivity contribution in [2.75, 3.05) is 24.5 Å². The van der Waals surface area contributed by atoms with Crippen molar-refractivity contribution < 1.29 is 22.3 Å². The standard InChI is InChI=1S/C24H23FN2O4S/c1-31-22-10-4-2-7-17(22)8-6-14-26-24(28)16-27-21-13-12-18(25)15-20(21)19-9-3-5-11-23(19)32(27,29)30/h2-5,7,9-13,15H,6,8,14,16H2,1H3,(H,26,28). The zero-order valence-corrected chi connectivity index (χ0v) is 18.4. The lowest BCUT2D eigenvalue weighted by molar-refractivity contribution is -0.119. The zero-order chi connectivity index (χ0) is 22.7. The number of hydrogen-bond acceptors (Lipinski definition) is 4. The molecule has 1 amide bonds. The summed E-state index contributed by atoms with van der Waals surface area (Å²) in [4.78, 5) is 12.7. The number of para-hydroxylation sites is 1. The fraction of sp³-hybridized carbons (Fsp3) is 0.208. The highest BCUT2D eigenvalue weighted by atomic mass is 32.2. The number of aryl methyl sites for hydroxylation is 1. The number of carbonyl (C=O) groups is 1. The Morgan fingerprint density at radius 1 is 1.03 bits per heavy atom. The van der Waals surface area contributed by atoms with Gasteiger partial charge in [-0.15, -0.1) is 0 Å². The molecule has 1 aliphatic heterocycles. The molecular formula is C24H23FN2O4S. The number of ether oxygens (including phenoxy) is 1. The summed E-state index contributed by atoms with van der Waals surface area (Å²) in [5.74, 6) is -0.109. The number of nitrogens with zero attached hydrogens (tertiary/aromatic N) is 1. The van der Waals surface area contributed by atoms with Crippen molar-refractivity contribution >= 4 is 21.6 Å². The average molecular weight is 455 g/mol. The minimum atomic E-state index is -3.95. The maximum atomic E-state index is 13.9. The van der Waals surface area contributed by atoms with Gasteiger partial charge in [-0.2, -0.15) is 0 Å². The first-order chi connectivity index (χ1) is 15.4. The van der Waals surface area contributed by atoms with Crippen LogP contribution in [0, 0.1) is 5.82 Å². The first kappa shape index (κ1) is 21.8. The van der Waals surface area contributed by atoms with Gasteiger partial charge < -0.3 is 10.1 Å². The highest BCUT2D eigenvalue weighted by molar-refractivity contribution is 7.93. The smallest absolute Gasteiger partial charge is 0.265 e. The second kappa shape index (κ2) is 9.00. The molecule has 0 saturated heterocycles. The van der Waals surface area contributed by atoms with E-state index in [0.717, 1.165) is 15.6 Å². The van der Waals surface area contributed by atoms with Crippen LogP contribution in [0.4, 0.5) is 10.1 Å². The lowest BCUT2D eigenvalue weighted by Gasteiger charge is -2.31. The number of rotatable bonds is 7. The van der Waals surface area contributed by atoms with E-state index >= 15 is 0 Å². The normalized spacial score (nSPS) is 13.8. The average Bonchev–Trinajstić information content (AvgIpc) is 2.80. The molecule has 6 nitrogen and oxygen atoms in total. The van der Waals surface area contributed by atoms with E-state index in [1.54, 1.807) is 25.3 Å². The van der Waals surface area contributed by atoms with Gasteiger partial charge in [-0.25, -0.2) is 12.8 Å². The van der Waals surface area contributed by atoms with Gasteiger partial charge in [0.25, 0.3) is 10.0 Å². The van der Waals surface area contributed by atoms with Gasteiger partial charge in [-0.3, -0.25) is 9.10 Å². The molecule has 32 heavy (non-hydrogen) atoms. The van der Waals surface area contributed by atoms with Gasteiger partial charge in [-0.05, 0) is 48.7 Å². The second-order valence-corrected chi connectivity index (χ2v) is 9.27. The van der Waals surface area contributed by atoms with Gasteiger partial charge in [0.2, 0.25) is 5.91 Å². The Morgan fingerprint density at radius 3 is 2.59 bits per heavy atom. The van der Waals surface area contributed by atoms with Gasteiger partial charge in [0.1, 0.15) is 18.1 Å². The van der Waals surface area contributed by atoms with Crippen LogP contribution in [0.5, 0.6) is 5.75 Å². The molecule has 1 heterocycles. The number of nitrogens with one attached hydrogen (secondary N) is 1. The Kier molecular flexibility index (Phi) is 6.14. The van der Waals surface area contributed by atoms with Crippen LogP contribution in [0.25, 0.3) is 11.1 Å². The van der Waals surface area contributed by atoms with Crippen LogP contribution in [0.2, 0.25) is 0 Å². The van der Waals surface area contributed by atoms with Crippen LogP contribution in [0.15, 0.2) is 71.6 Å². The molecule has 0 bridgehead atoms. The Balaban J connectivity index is 1.47. The van der Waals surface area contributed by atoms with Gasteiger partial charge >= 0.3 is 0 Å². The predicted octanol–water partition coefficient (Wildman–Crippen LogP) is 3.76. The third-order valence-corrected chi connectivity index (χ3v) is 7.22. The fourth-order valence-electron chi connectivity index (χ4n) is 3.88. The number of anilines is 1. The van der Waals surface area contributed by atoms with Gasteiger partial charge in [0, 0.05) is 17.7 Å². The summed E-state index contributed by atoms with van der Waals surface area (Å²) in [6.45, 7) is 0.00158. The second-order valence-electron chi connectivity index (χ2n) is 7.43. The number of sulfonamides is 1. The summed E-state index contributed by atoms with van der Waals surface area (Å²) in [7, 11) is -2.34. The molecule has 166 valence electrons. The Hall–Kier alpha value is -3.39. The monoisotopic (exact) mass is 454 g/mol. The molecule has 0 atom stereocenters. The molecule has 8 heteroatoms. The number of amides is 1. The third kappa shape index (κ3) is 4.18. The van der Waals surface area contributed by atoms with Crippen molar-refractivity contribution in [1.29, 1.82) is 0 Å². The van der Waals surface area contributed by atoms with Crippen molar-refractivity contribution in [3.8, 4) is 16.9 Å². The van der Waals surface area contributed by atoms with E-state index in [1.807, 2.05) is 24.3 Å². The quantitative estimate of drug-likeness (QED) is 0.552. The molecule has 4 rings (SSSR count). The van der Waals surface area contributed by atoms with Crippen molar-refractivity contribution in [2.45, 2.75) is 17.7 Å². The molecule has 0 aliphatic carbocycles. The number of methoxy groups -OCH3 is 1. The number of halogens is 1. The maximum Gasteiger partial charge on any atom is 0.265 e. The summed E-state index contributed by atoms with van der Waals surface area (Å²) in [6.07, 6.45) is 1.38. The van der Waals surface area contributed by atoms with E-state index < -0.39 is 21.7 Å². The molecule has 0 fully saturated rings. The minimum absolute atomic E-state index is 0.0575. The summed E-state index contributed by atoms with van der Waals surface area (Å²) in [6, 6.07) is 18.0. The molecule has 0 spiro atoms. The Bertz CT molecular complexity index is 1260. The van der Waals surface area contributed by atoms with Crippen molar-refractivity contribution in [3.05, 3.63) is 78.1 Å². The number of fused-ring (bicyclic) bond motifs is 3. The fourth-order valence-corrected chi connectivity index (χ4v) is 5.53. The topological polar surface area (TPSA) is 75.7 Å². The number of carbonyl (C=O) groups excluding carboxylic acids is 1. The van der Waals surface area contributed by atoms with Crippen molar-refractivity contribution in [1.82, 2.24) is 5.32 Å². The van der Waals surface area contributed by atoms with Gasteiger partial charge in [-0.1, -0.05) is 36.4 Å². The largest absolute Gasteiger partial charge is 0.496 e. The molecular weight excluding hydrogens is 431 g/mol.